The SMILES string of the molecule is COc1cccc(N(C)CC(=O)c2ccccc2Br)c1. The van der Waals surface area contributed by atoms with E-state index in [1.165, 1.54) is 0 Å². The molecule has 0 aromatic heterocycles. The minimum atomic E-state index is 0.0720. The fraction of sp³-hybridized carbons (Fsp3) is 0.188. The molecule has 0 fully saturated rings. The topological polar surface area (TPSA) is 29.5 Å². The molecule has 0 radical (unpaired) electrons. The first-order chi connectivity index (χ1) is 9.61. The lowest BCUT2D eigenvalue weighted by Gasteiger charge is -2.19. The molecule has 3 nitrogen and oxygen atoms in total. The summed E-state index contributed by atoms with van der Waals surface area (Å²) in [6.07, 6.45) is 0. The van der Waals surface area contributed by atoms with Crippen LogP contribution in [-0.2, 0) is 0 Å². The highest BCUT2D eigenvalue weighted by Crippen LogP contribution is 2.21. The lowest BCUT2D eigenvalue weighted by atomic mass is 10.1. The van der Waals surface area contributed by atoms with Crippen LogP contribution in [0.25, 0.3) is 0 Å². The van der Waals surface area contributed by atoms with Gasteiger partial charge in [-0.25, -0.2) is 0 Å². The molecule has 0 saturated heterocycles. The van der Waals surface area contributed by atoms with E-state index in [9.17, 15) is 4.79 Å². The number of ether oxygens (including phenoxy) is 1. The number of ketones is 1. The van der Waals surface area contributed by atoms with E-state index in [1.807, 2.05) is 60.5 Å². The number of rotatable bonds is 5. The second kappa shape index (κ2) is 6.57. The summed E-state index contributed by atoms with van der Waals surface area (Å²) in [7, 11) is 3.52. The highest BCUT2D eigenvalue weighted by molar-refractivity contribution is 9.10. The molecule has 0 unspecified atom stereocenters. The van der Waals surface area contributed by atoms with Crippen LogP contribution in [0.5, 0.6) is 5.75 Å². The van der Waals surface area contributed by atoms with E-state index in [2.05, 4.69) is 15.9 Å². The lowest BCUT2D eigenvalue weighted by molar-refractivity contribution is 0.0999. The van der Waals surface area contributed by atoms with Crippen LogP contribution in [0.1, 0.15) is 10.4 Å². The monoisotopic (exact) mass is 333 g/mol. The zero-order chi connectivity index (χ0) is 14.5. The van der Waals surface area contributed by atoms with Gasteiger partial charge >= 0.3 is 0 Å². The third-order valence-corrected chi connectivity index (χ3v) is 3.74. The Morgan fingerprint density at radius 3 is 2.65 bits per heavy atom. The summed E-state index contributed by atoms with van der Waals surface area (Å²) in [5, 5.41) is 0. The van der Waals surface area contributed by atoms with Crippen molar-refractivity contribution in [3.63, 3.8) is 0 Å². The molecule has 0 spiro atoms. The Labute approximate surface area is 127 Å². The Balaban J connectivity index is 2.13. The third-order valence-electron chi connectivity index (χ3n) is 3.05. The summed E-state index contributed by atoms with van der Waals surface area (Å²) in [5.41, 5.74) is 1.65. The molecule has 20 heavy (non-hydrogen) atoms. The number of methoxy groups -OCH3 is 1. The third kappa shape index (κ3) is 3.39. The van der Waals surface area contributed by atoms with E-state index < -0.39 is 0 Å². The van der Waals surface area contributed by atoms with Gasteiger partial charge in [0.1, 0.15) is 5.75 Å². The van der Waals surface area contributed by atoms with Gasteiger partial charge in [0.25, 0.3) is 0 Å². The quantitative estimate of drug-likeness (QED) is 0.780. The van der Waals surface area contributed by atoms with Gasteiger partial charge in [-0.2, -0.15) is 0 Å². The average molecular weight is 334 g/mol. The van der Waals surface area contributed by atoms with E-state index >= 15 is 0 Å². The molecule has 104 valence electrons. The number of likely N-dealkylation sites (N-methyl/N-ethyl adjacent to an activating group) is 1. The van der Waals surface area contributed by atoms with E-state index in [0.717, 1.165) is 15.9 Å². The average Bonchev–Trinajstić information content (AvgIpc) is 2.47. The molecule has 2 rings (SSSR count). The highest BCUT2D eigenvalue weighted by Gasteiger charge is 2.12. The summed E-state index contributed by atoms with van der Waals surface area (Å²) in [6.45, 7) is 0.315. The van der Waals surface area contributed by atoms with E-state index in [4.69, 9.17) is 4.74 Å². The number of halogens is 1. The summed E-state index contributed by atoms with van der Waals surface area (Å²) in [5.74, 6) is 0.852. The first-order valence-electron chi connectivity index (χ1n) is 6.24. The predicted octanol–water partition coefficient (Wildman–Crippen LogP) is 3.78. The van der Waals surface area contributed by atoms with E-state index in [-0.39, 0.29) is 5.78 Å². The van der Waals surface area contributed by atoms with Gasteiger partial charge in [-0.15, -0.1) is 0 Å². The molecule has 0 aliphatic rings. The maximum Gasteiger partial charge on any atom is 0.183 e. The fourth-order valence-corrected chi connectivity index (χ4v) is 2.43. The Morgan fingerprint density at radius 2 is 1.95 bits per heavy atom. The summed E-state index contributed by atoms with van der Waals surface area (Å²) < 4.78 is 6.02. The second-order valence-corrected chi connectivity index (χ2v) is 5.31. The lowest BCUT2D eigenvalue weighted by Crippen LogP contribution is -2.25. The van der Waals surface area contributed by atoms with Crippen LogP contribution in [0.15, 0.2) is 53.0 Å². The van der Waals surface area contributed by atoms with E-state index in [0.29, 0.717) is 12.1 Å². The van der Waals surface area contributed by atoms with Crippen LogP contribution in [0, 0.1) is 0 Å². The largest absolute Gasteiger partial charge is 0.497 e. The summed E-state index contributed by atoms with van der Waals surface area (Å²) in [6, 6.07) is 15.1. The van der Waals surface area contributed by atoms with Crippen molar-refractivity contribution in [2.45, 2.75) is 0 Å². The zero-order valence-electron chi connectivity index (χ0n) is 11.5. The van der Waals surface area contributed by atoms with Gasteiger partial charge in [-0.3, -0.25) is 4.79 Å². The molecule has 0 N–H and O–H groups in total. The van der Waals surface area contributed by atoms with Gasteiger partial charge in [-0.05, 0) is 18.2 Å². The first kappa shape index (κ1) is 14.6. The second-order valence-electron chi connectivity index (χ2n) is 4.46. The van der Waals surface area contributed by atoms with Crippen LogP contribution >= 0.6 is 15.9 Å². The maximum absolute atomic E-state index is 12.3. The van der Waals surface area contributed by atoms with Crippen molar-refractivity contribution in [3.8, 4) is 5.75 Å². The normalized spacial score (nSPS) is 10.2. The van der Waals surface area contributed by atoms with Crippen LogP contribution < -0.4 is 9.64 Å². The number of nitrogens with zero attached hydrogens (tertiary/aromatic N) is 1. The molecule has 4 heteroatoms. The molecule has 0 heterocycles. The van der Waals surface area contributed by atoms with Gasteiger partial charge in [0.05, 0.1) is 13.7 Å². The Hall–Kier alpha value is -1.81. The molecule has 0 aliphatic heterocycles. The maximum atomic E-state index is 12.3. The minimum Gasteiger partial charge on any atom is -0.497 e. The van der Waals surface area contributed by atoms with Crippen molar-refractivity contribution in [1.29, 1.82) is 0 Å². The van der Waals surface area contributed by atoms with Gasteiger partial charge in [-0.1, -0.05) is 40.2 Å². The smallest absolute Gasteiger partial charge is 0.183 e. The molecule has 2 aromatic carbocycles. The van der Waals surface area contributed by atoms with Crippen molar-refractivity contribution in [2.75, 3.05) is 25.6 Å². The number of hydrogen-bond donors (Lipinski definition) is 0. The van der Waals surface area contributed by atoms with Gasteiger partial charge in [0, 0.05) is 28.8 Å². The fourth-order valence-electron chi connectivity index (χ4n) is 1.93. The van der Waals surface area contributed by atoms with Crippen LogP contribution in [0.2, 0.25) is 0 Å². The molecular weight excluding hydrogens is 318 g/mol. The summed E-state index contributed by atoms with van der Waals surface area (Å²) in [4.78, 5) is 14.2. The van der Waals surface area contributed by atoms with Gasteiger partial charge in [0.2, 0.25) is 0 Å². The molecular formula is C16H16BrNO2. The standard InChI is InChI=1S/C16H16BrNO2/c1-18(12-6-5-7-13(10-12)20-2)11-16(19)14-8-3-4-9-15(14)17/h3-10H,11H2,1-2H3. The van der Waals surface area contributed by atoms with Crippen LogP contribution in [-0.4, -0.2) is 26.5 Å². The number of anilines is 1. The van der Waals surface area contributed by atoms with Crippen LogP contribution in [0.4, 0.5) is 5.69 Å². The van der Waals surface area contributed by atoms with Gasteiger partial charge in [0.15, 0.2) is 5.78 Å². The molecule has 0 saturated carbocycles. The Bertz CT molecular complexity index is 613. The molecule has 0 aliphatic carbocycles. The molecule has 0 amide bonds. The molecule has 0 atom stereocenters. The number of carbonyl (C=O) groups is 1. The van der Waals surface area contributed by atoms with E-state index in [1.54, 1.807) is 7.11 Å². The van der Waals surface area contributed by atoms with Crippen molar-refractivity contribution in [2.24, 2.45) is 0 Å². The molecule has 2 aromatic rings. The molecule has 0 bridgehead atoms. The number of benzene rings is 2. The van der Waals surface area contributed by atoms with Gasteiger partial charge < -0.3 is 9.64 Å². The number of carbonyl (C=O) groups excluding carboxylic acids is 1. The number of Topliss-reactive ketones (excluding diaryl/α,β-unsaturated/α-hetero) is 1. The Morgan fingerprint density at radius 1 is 1.20 bits per heavy atom. The summed E-state index contributed by atoms with van der Waals surface area (Å²) >= 11 is 3.41. The number of hydrogen-bond acceptors (Lipinski definition) is 3. The highest BCUT2D eigenvalue weighted by atomic mass is 79.9. The van der Waals surface area contributed by atoms with Crippen molar-refractivity contribution in [3.05, 3.63) is 58.6 Å². The minimum absolute atomic E-state index is 0.0720. The predicted molar refractivity (Wildman–Crippen MR) is 84.7 cm³/mol. The Kier molecular flexibility index (Phi) is 4.79. The van der Waals surface area contributed by atoms with Crippen molar-refractivity contribution < 1.29 is 9.53 Å². The van der Waals surface area contributed by atoms with Crippen molar-refractivity contribution >= 4 is 27.4 Å². The zero-order valence-corrected chi connectivity index (χ0v) is 13.1. The van der Waals surface area contributed by atoms with Crippen molar-refractivity contribution in [1.82, 2.24) is 0 Å². The first-order valence-corrected chi connectivity index (χ1v) is 7.04. The van der Waals surface area contributed by atoms with Crippen LogP contribution in [0.3, 0.4) is 0 Å².